The number of hydrazine groups is 1. The molecule has 13 heteroatoms. The van der Waals surface area contributed by atoms with E-state index in [1.807, 2.05) is 0 Å². The first-order valence-corrected chi connectivity index (χ1v) is 9.31. The Morgan fingerprint density at radius 1 is 1.41 bits per heavy atom. The van der Waals surface area contributed by atoms with Gasteiger partial charge in [-0.05, 0) is 24.5 Å². The number of hydrogen-bond donors (Lipinski definition) is 2. The molecule has 2 fully saturated rings. The lowest BCUT2D eigenvalue weighted by molar-refractivity contribution is -0.148. The van der Waals surface area contributed by atoms with Crippen molar-refractivity contribution < 1.29 is 31.6 Å². The fourth-order valence-corrected chi connectivity index (χ4v) is 3.52. The molecule has 2 bridgehead atoms. The standard InChI is InChI=1S/C14H17N5O7S/c15-18(12(20)6-9-2-1-5-16-7-9)13(21)11-4-3-10-8-17(11)14(22)19(10)26-27(23,24)25/h1-2,5,7,10-11H,3-4,6,8,15H2,(H,23,24,25)/t10-,11+/m1/s1. The van der Waals surface area contributed by atoms with E-state index in [1.165, 1.54) is 12.4 Å². The minimum atomic E-state index is -4.88. The molecule has 0 saturated carbocycles. The largest absolute Gasteiger partial charge is 0.418 e. The molecule has 4 amide bonds. The van der Waals surface area contributed by atoms with Gasteiger partial charge < -0.3 is 4.90 Å². The smallest absolute Gasteiger partial charge is 0.309 e. The van der Waals surface area contributed by atoms with Crippen LogP contribution in [0.1, 0.15) is 18.4 Å². The molecule has 27 heavy (non-hydrogen) atoms. The number of piperidine rings is 1. The van der Waals surface area contributed by atoms with Crippen LogP contribution in [0, 0.1) is 0 Å². The highest BCUT2D eigenvalue weighted by atomic mass is 32.3. The van der Waals surface area contributed by atoms with Crippen molar-refractivity contribution in [1.29, 1.82) is 0 Å². The van der Waals surface area contributed by atoms with Gasteiger partial charge in [0.05, 0.1) is 12.5 Å². The molecule has 146 valence electrons. The van der Waals surface area contributed by atoms with E-state index in [-0.39, 0.29) is 25.8 Å². The van der Waals surface area contributed by atoms with Crippen molar-refractivity contribution in [2.45, 2.75) is 31.3 Å². The molecule has 3 N–H and O–H groups in total. The predicted molar refractivity (Wildman–Crippen MR) is 87.4 cm³/mol. The first kappa shape index (κ1) is 19.2. The van der Waals surface area contributed by atoms with Crippen LogP contribution in [0.4, 0.5) is 4.79 Å². The Bertz CT molecular complexity index is 862. The normalized spacial score (nSPS) is 22.1. The van der Waals surface area contributed by atoms with Gasteiger partial charge >= 0.3 is 16.4 Å². The zero-order valence-electron chi connectivity index (χ0n) is 14.0. The topological polar surface area (TPSA) is 163 Å². The van der Waals surface area contributed by atoms with Crippen molar-refractivity contribution in [1.82, 2.24) is 20.0 Å². The summed E-state index contributed by atoms with van der Waals surface area (Å²) in [6.45, 7) is 0.00932. The van der Waals surface area contributed by atoms with Crippen LogP contribution in [0.5, 0.6) is 0 Å². The first-order chi connectivity index (χ1) is 12.7. The summed E-state index contributed by atoms with van der Waals surface area (Å²) in [7, 11) is -4.88. The Morgan fingerprint density at radius 3 is 2.78 bits per heavy atom. The van der Waals surface area contributed by atoms with E-state index in [2.05, 4.69) is 9.27 Å². The van der Waals surface area contributed by atoms with E-state index >= 15 is 0 Å². The van der Waals surface area contributed by atoms with E-state index in [9.17, 15) is 22.8 Å². The molecule has 0 radical (unpaired) electrons. The molecule has 1 aromatic heterocycles. The number of pyridine rings is 1. The molecule has 0 aliphatic carbocycles. The molecule has 3 rings (SSSR count). The second-order valence-corrected chi connectivity index (χ2v) is 7.15. The van der Waals surface area contributed by atoms with Crippen molar-refractivity contribution >= 4 is 28.2 Å². The third-order valence-corrected chi connectivity index (χ3v) is 4.72. The Balaban J connectivity index is 1.69. The highest BCUT2D eigenvalue weighted by Crippen LogP contribution is 2.31. The number of carbonyl (C=O) groups is 3. The Kier molecular flexibility index (Phi) is 5.10. The molecule has 3 heterocycles. The minimum Gasteiger partial charge on any atom is -0.309 e. The zero-order valence-corrected chi connectivity index (χ0v) is 14.8. The van der Waals surface area contributed by atoms with Crippen LogP contribution in [0.25, 0.3) is 0 Å². The molecule has 1 aromatic rings. The van der Waals surface area contributed by atoms with Crippen molar-refractivity contribution in [2.75, 3.05) is 6.54 Å². The van der Waals surface area contributed by atoms with Gasteiger partial charge in [0.1, 0.15) is 6.04 Å². The minimum absolute atomic E-state index is 0.00932. The highest BCUT2D eigenvalue weighted by Gasteiger charge is 2.50. The lowest BCUT2D eigenvalue weighted by atomic mass is 10.00. The van der Waals surface area contributed by atoms with E-state index in [0.717, 1.165) is 4.90 Å². The molecule has 0 unspecified atom stereocenters. The van der Waals surface area contributed by atoms with Crippen LogP contribution in [0.15, 0.2) is 24.5 Å². The molecule has 0 spiro atoms. The number of nitrogens with zero attached hydrogens (tertiary/aromatic N) is 4. The Labute approximate surface area is 154 Å². The van der Waals surface area contributed by atoms with Crippen molar-refractivity contribution in [3.8, 4) is 0 Å². The summed E-state index contributed by atoms with van der Waals surface area (Å²) in [6, 6.07) is 0.719. The third-order valence-electron chi connectivity index (χ3n) is 4.37. The summed E-state index contributed by atoms with van der Waals surface area (Å²) >= 11 is 0. The van der Waals surface area contributed by atoms with Gasteiger partial charge in [-0.3, -0.25) is 19.1 Å². The average Bonchev–Trinajstić information content (AvgIpc) is 2.85. The number of urea groups is 1. The molecule has 2 aliphatic heterocycles. The average molecular weight is 399 g/mol. The molecule has 0 aromatic carbocycles. The lowest BCUT2D eigenvalue weighted by Crippen LogP contribution is -2.55. The maximum atomic E-state index is 12.6. The monoisotopic (exact) mass is 399 g/mol. The predicted octanol–water partition coefficient (Wildman–Crippen LogP) is -1.14. The van der Waals surface area contributed by atoms with Gasteiger partial charge in [-0.1, -0.05) is 6.07 Å². The molecular weight excluding hydrogens is 382 g/mol. The van der Waals surface area contributed by atoms with Crippen molar-refractivity contribution in [2.24, 2.45) is 5.84 Å². The van der Waals surface area contributed by atoms with Gasteiger partial charge in [-0.15, -0.1) is 4.28 Å². The number of carbonyl (C=O) groups excluding carboxylic acids is 3. The van der Waals surface area contributed by atoms with Gasteiger partial charge in [0.2, 0.25) is 5.91 Å². The third kappa shape index (κ3) is 4.05. The molecule has 2 saturated heterocycles. The Hall–Kier alpha value is -2.61. The molecule has 2 aliphatic rings. The SMILES string of the molecule is NN(C(=O)Cc1cccnc1)C(=O)[C@@H]1CC[C@@H]2CN1C(=O)N2OS(=O)(=O)O. The van der Waals surface area contributed by atoms with Crippen molar-refractivity contribution in [3.05, 3.63) is 30.1 Å². The number of hydrogen-bond acceptors (Lipinski definition) is 8. The van der Waals surface area contributed by atoms with Crippen LogP contribution in [-0.4, -0.2) is 69.4 Å². The highest BCUT2D eigenvalue weighted by molar-refractivity contribution is 7.80. The molecule has 12 nitrogen and oxygen atoms in total. The van der Waals surface area contributed by atoms with Crippen molar-refractivity contribution in [3.63, 3.8) is 0 Å². The van der Waals surface area contributed by atoms with Crippen LogP contribution >= 0.6 is 0 Å². The summed E-state index contributed by atoms with van der Waals surface area (Å²) in [4.78, 5) is 42.1. The number of amides is 4. The van der Waals surface area contributed by atoms with E-state index in [4.69, 9.17) is 10.4 Å². The number of nitrogens with two attached hydrogens (primary N) is 1. The second-order valence-electron chi connectivity index (χ2n) is 6.15. The fraction of sp³-hybridized carbons (Fsp3) is 0.429. The van der Waals surface area contributed by atoms with Gasteiger partial charge in [0.25, 0.3) is 5.91 Å². The zero-order chi connectivity index (χ0) is 19.8. The van der Waals surface area contributed by atoms with E-state index in [0.29, 0.717) is 15.6 Å². The van der Waals surface area contributed by atoms with Crippen LogP contribution < -0.4 is 5.84 Å². The number of fused-ring (bicyclic) bond motifs is 2. The van der Waals surface area contributed by atoms with Crippen LogP contribution in [0.2, 0.25) is 0 Å². The summed E-state index contributed by atoms with van der Waals surface area (Å²) < 4.78 is 34.8. The van der Waals surface area contributed by atoms with Gasteiger partial charge in [0.15, 0.2) is 0 Å². The van der Waals surface area contributed by atoms with Gasteiger partial charge in [-0.2, -0.15) is 13.5 Å². The number of hydroxylamine groups is 2. The van der Waals surface area contributed by atoms with Gasteiger partial charge in [-0.25, -0.2) is 15.6 Å². The van der Waals surface area contributed by atoms with E-state index < -0.39 is 40.3 Å². The maximum absolute atomic E-state index is 12.6. The second kappa shape index (κ2) is 7.19. The lowest BCUT2D eigenvalue weighted by Gasteiger charge is -2.31. The summed E-state index contributed by atoms with van der Waals surface area (Å²) in [5.74, 6) is 4.19. The quantitative estimate of drug-likeness (QED) is 0.269. The van der Waals surface area contributed by atoms with E-state index in [1.54, 1.807) is 12.1 Å². The molecular formula is C14H17N5O7S. The number of imide groups is 1. The fourth-order valence-electron chi connectivity index (χ4n) is 3.13. The number of aromatic nitrogens is 1. The number of rotatable bonds is 5. The van der Waals surface area contributed by atoms with Gasteiger partial charge in [0, 0.05) is 18.9 Å². The maximum Gasteiger partial charge on any atom is 0.418 e. The Morgan fingerprint density at radius 2 is 2.15 bits per heavy atom. The first-order valence-electron chi connectivity index (χ1n) is 7.94. The molecule has 2 atom stereocenters. The van der Waals surface area contributed by atoms with Crippen LogP contribution in [0.3, 0.4) is 0 Å². The summed E-state index contributed by atoms with van der Waals surface area (Å²) in [5, 5.41) is 0.971. The summed E-state index contributed by atoms with van der Waals surface area (Å²) in [5.41, 5.74) is 0.569. The summed E-state index contributed by atoms with van der Waals surface area (Å²) in [6.07, 6.45) is 3.26. The van der Waals surface area contributed by atoms with Crippen LogP contribution in [-0.2, 0) is 30.7 Å².